The van der Waals surface area contributed by atoms with Gasteiger partial charge in [0.1, 0.15) is 5.00 Å². The second-order valence-corrected chi connectivity index (χ2v) is 8.26. The molecule has 2 amide bonds. The van der Waals surface area contributed by atoms with E-state index in [1.165, 1.54) is 11.3 Å². The number of rotatable bonds is 7. The molecule has 0 fully saturated rings. The molecular formula is C26H22N2O2S. The fourth-order valence-corrected chi connectivity index (χ4v) is 4.66. The van der Waals surface area contributed by atoms with Crippen molar-refractivity contribution >= 4 is 28.2 Å². The summed E-state index contributed by atoms with van der Waals surface area (Å²) in [6, 6.07) is 31.4. The van der Waals surface area contributed by atoms with Crippen LogP contribution in [-0.2, 0) is 4.79 Å². The third-order valence-electron chi connectivity index (χ3n) is 5.10. The number of anilines is 1. The molecule has 3 N–H and O–H groups in total. The van der Waals surface area contributed by atoms with E-state index in [0.29, 0.717) is 10.6 Å². The summed E-state index contributed by atoms with van der Waals surface area (Å²) in [6.07, 6.45) is 0.255. The standard InChI is InChI=1S/C26H22N2O2S/c27-25(30)22-16-23(20-14-8-3-9-15-20)31-26(22)28-24(29)17-21(18-10-4-1-5-11-18)19-12-6-2-7-13-19/h1-16,21H,17H2,(H2,27,30)(H,28,29). The maximum atomic E-state index is 13.0. The van der Waals surface area contributed by atoms with Gasteiger partial charge in [-0.25, -0.2) is 0 Å². The number of carbonyl (C=O) groups is 2. The number of hydrogen-bond acceptors (Lipinski definition) is 3. The van der Waals surface area contributed by atoms with E-state index in [4.69, 9.17) is 5.73 Å². The number of primary amides is 1. The molecule has 0 spiro atoms. The predicted octanol–water partition coefficient (Wildman–Crippen LogP) is 5.67. The predicted molar refractivity (Wildman–Crippen MR) is 126 cm³/mol. The SMILES string of the molecule is NC(=O)c1cc(-c2ccccc2)sc1NC(=O)CC(c1ccccc1)c1ccccc1. The molecule has 0 unspecified atom stereocenters. The summed E-state index contributed by atoms with van der Waals surface area (Å²) in [7, 11) is 0. The third kappa shape index (κ3) is 4.90. The molecule has 0 atom stereocenters. The highest BCUT2D eigenvalue weighted by Crippen LogP contribution is 2.36. The molecule has 1 aromatic heterocycles. The van der Waals surface area contributed by atoms with Crippen LogP contribution in [-0.4, -0.2) is 11.8 Å². The molecule has 0 radical (unpaired) electrons. The van der Waals surface area contributed by atoms with Crippen molar-refractivity contribution in [3.8, 4) is 10.4 Å². The second-order valence-electron chi connectivity index (χ2n) is 7.21. The first-order valence-corrected chi connectivity index (χ1v) is 10.8. The van der Waals surface area contributed by atoms with Gasteiger partial charge in [0.15, 0.2) is 0 Å². The summed E-state index contributed by atoms with van der Waals surface area (Å²) in [5.74, 6) is -0.814. The van der Waals surface area contributed by atoms with Gasteiger partial charge in [-0.15, -0.1) is 11.3 Å². The number of nitrogens with two attached hydrogens (primary N) is 1. The molecule has 0 aliphatic rings. The van der Waals surface area contributed by atoms with Crippen LogP contribution in [0.3, 0.4) is 0 Å². The lowest BCUT2D eigenvalue weighted by Gasteiger charge is -2.17. The van der Waals surface area contributed by atoms with Crippen LogP contribution >= 0.6 is 11.3 Å². The molecule has 4 rings (SSSR count). The van der Waals surface area contributed by atoms with Crippen LogP contribution < -0.4 is 11.1 Å². The topological polar surface area (TPSA) is 72.2 Å². The first-order valence-electron chi connectivity index (χ1n) is 10.0. The fourth-order valence-electron chi connectivity index (χ4n) is 3.57. The normalized spacial score (nSPS) is 10.7. The molecule has 0 aliphatic heterocycles. The zero-order valence-corrected chi connectivity index (χ0v) is 17.6. The maximum absolute atomic E-state index is 13.0. The molecule has 31 heavy (non-hydrogen) atoms. The Morgan fingerprint density at radius 3 is 1.84 bits per heavy atom. The lowest BCUT2D eigenvalue weighted by atomic mass is 9.88. The van der Waals surface area contributed by atoms with Crippen LogP contribution in [0.5, 0.6) is 0 Å². The minimum absolute atomic E-state index is 0.0898. The number of thiophene rings is 1. The summed E-state index contributed by atoms with van der Waals surface area (Å²) in [5, 5.41) is 3.41. The fraction of sp³-hybridized carbons (Fsp3) is 0.0769. The lowest BCUT2D eigenvalue weighted by molar-refractivity contribution is -0.116. The molecule has 5 heteroatoms. The minimum Gasteiger partial charge on any atom is -0.366 e. The number of carbonyl (C=O) groups excluding carboxylic acids is 2. The minimum atomic E-state index is -0.559. The van der Waals surface area contributed by atoms with Crippen LogP contribution in [0.4, 0.5) is 5.00 Å². The van der Waals surface area contributed by atoms with Gasteiger partial charge in [0, 0.05) is 17.2 Å². The quantitative estimate of drug-likeness (QED) is 0.399. The van der Waals surface area contributed by atoms with Gasteiger partial charge < -0.3 is 11.1 Å². The number of amides is 2. The number of hydrogen-bond donors (Lipinski definition) is 2. The van der Waals surface area contributed by atoms with E-state index in [-0.39, 0.29) is 18.2 Å². The van der Waals surface area contributed by atoms with Gasteiger partial charge in [-0.05, 0) is 22.8 Å². The van der Waals surface area contributed by atoms with Crippen molar-refractivity contribution in [3.63, 3.8) is 0 Å². The Morgan fingerprint density at radius 1 is 0.806 bits per heavy atom. The monoisotopic (exact) mass is 426 g/mol. The van der Waals surface area contributed by atoms with Gasteiger partial charge in [-0.1, -0.05) is 91.0 Å². The van der Waals surface area contributed by atoms with Crippen LogP contribution in [0.1, 0.15) is 33.8 Å². The number of nitrogens with one attached hydrogen (secondary N) is 1. The average Bonchev–Trinajstić information content (AvgIpc) is 3.23. The van der Waals surface area contributed by atoms with E-state index in [2.05, 4.69) is 5.32 Å². The van der Waals surface area contributed by atoms with E-state index in [9.17, 15) is 9.59 Å². The largest absolute Gasteiger partial charge is 0.366 e. The molecule has 4 aromatic rings. The Balaban J connectivity index is 1.60. The Morgan fingerprint density at radius 2 is 1.32 bits per heavy atom. The van der Waals surface area contributed by atoms with Crippen LogP contribution in [0, 0.1) is 0 Å². The Bertz CT molecular complexity index is 1130. The summed E-state index contributed by atoms with van der Waals surface area (Å²) in [4.78, 5) is 25.9. The Labute approximate surface area is 185 Å². The zero-order valence-electron chi connectivity index (χ0n) is 16.8. The van der Waals surface area contributed by atoms with E-state index in [1.807, 2.05) is 91.0 Å². The third-order valence-corrected chi connectivity index (χ3v) is 6.20. The van der Waals surface area contributed by atoms with Gasteiger partial charge in [-0.2, -0.15) is 0 Å². The van der Waals surface area contributed by atoms with Gasteiger partial charge in [0.05, 0.1) is 5.56 Å². The summed E-state index contributed by atoms with van der Waals surface area (Å²) >= 11 is 1.36. The maximum Gasteiger partial charge on any atom is 0.251 e. The van der Waals surface area contributed by atoms with Gasteiger partial charge in [0.25, 0.3) is 5.91 Å². The van der Waals surface area contributed by atoms with Crippen LogP contribution in [0.15, 0.2) is 97.1 Å². The van der Waals surface area contributed by atoms with Gasteiger partial charge >= 0.3 is 0 Å². The Kier molecular flexibility index (Phi) is 6.24. The average molecular weight is 427 g/mol. The van der Waals surface area contributed by atoms with Crippen molar-refractivity contribution in [2.24, 2.45) is 5.73 Å². The summed E-state index contributed by atoms with van der Waals surface area (Å²) in [6.45, 7) is 0. The van der Waals surface area contributed by atoms with Crippen molar-refractivity contribution in [2.75, 3.05) is 5.32 Å². The van der Waals surface area contributed by atoms with E-state index in [0.717, 1.165) is 21.6 Å². The highest BCUT2D eigenvalue weighted by Gasteiger charge is 2.21. The van der Waals surface area contributed by atoms with Crippen LogP contribution in [0.2, 0.25) is 0 Å². The van der Waals surface area contributed by atoms with E-state index >= 15 is 0 Å². The van der Waals surface area contributed by atoms with Crippen LogP contribution in [0.25, 0.3) is 10.4 Å². The molecule has 0 saturated carbocycles. The molecule has 0 aliphatic carbocycles. The molecular weight excluding hydrogens is 404 g/mol. The summed E-state index contributed by atoms with van der Waals surface area (Å²) < 4.78 is 0. The molecule has 1 heterocycles. The molecule has 3 aromatic carbocycles. The zero-order chi connectivity index (χ0) is 21.6. The molecule has 0 bridgehead atoms. The van der Waals surface area contributed by atoms with Gasteiger partial charge in [-0.3, -0.25) is 9.59 Å². The van der Waals surface area contributed by atoms with Crippen molar-refractivity contribution in [3.05, 3.63) is 114 Å². The van der Waals surface area contributed by atoms with E-state index in [1.54, 1.807) is 6.07 Å². The van der Waals surface area contributed by atoms with Crippen molar-refractivity contribution in [1.29, 1.82) is 0 Å². The molecule has 4 nitrogen and oxygen atoms in total. The molecule has 154 valence electrons. The van der Waals surface area contributed by atoms with Crippen molar-refractivity contribution in [2.45, 2.75) is 12.3 Å². The van der Waals surface area contributed by atoms with Crippen molar-refractivity contribution < 1.29 is 9.59 Å². The lowest BCUT2D eigenvalue weighted by Crippen LogP contribution is -2.18. The molecule has 0 saturated heterocycles. The first-order chi connectivity index (χ1) is 15.1. The Hall–Kier alpha value is -3.70. The first kappa shape index (κ1) is 20.6. The van der Waals surface area contributed by atoms with Gasteiger partial charge in [0.2, 0.25) is 5.91 Å². The van der Waals surface area contributed by atoms with Crippen molar-refractivity contribution in [1.82, 2.24) is 0 Å². The highest BCUT2D eigenvalue weighted by molar-refractivity contribution is 7.20. The summed E-state index contributed by atoms with van der Waals surface area (Å²) in [5.41, 5.74) is 9.01. The second kappa shape index (κ2) is 9.41. The smallest absolute Gasteiger partial charge is 0.251 e. The highest BCUT2D eigenvalue weighted by atomic mass is 32.1. The number of benzene rings is 3. The van der Waals surface area contributed by atoms with E-state index < -0.39 is 5.91 Å².